The zero-order valence-electron chi connectivity index (χ0n) is 15.9. The maximum absolute atomic E-state index is 13.5. The van der Waals surface area contributed by atoms with Gasteiger partial charge in [-0.1, -0.05) is 12.1 Å². The van der Waals surface area contributed by atoms with Crippen molar-refractivity contribution in [2.24, 2.45) is 0 Å². The van der Waals surface area contributed by atoms with Crippen LogP contribution in [-0.4, -0.2) is 90.8 Å². The molecule has 1 aromatic carbocycles. The molecule has 27 heavy (non-hydrogen) atoms. The van der Waals surface area contributed by atoms with E-state index in [2.05, 4.69) is 9.80 Å². The third-order valence-electron chi connectivity index (χ3n) is 5.27. The van der Waals surface area contributed by atoms with E-state index < -0.39 is 11.9 Å². The molecule has 1 atom stereocenters. The average molecular weight is 379 g/mol. The molecular weight excluding hydrogens is 349 g/mol. The van der Waals surface area contributed by atoms with Gasteiger partial charge in [-0.3, -0.25) is 14.6 Å². The van der Waals surface area contributed by atoms with E-state index >= 15 is 0 Å². The Kier molecular flexibility index (Phi) is 7.43. The number of halogens is 1. The maximum Gasteiger partial charge on any atom is 0.236 e. The fraction of sp³-hybridized carbons (Fsp3) is 0.650. The van der Waals surface area contributed by atoms with Crippen molar-refractivity contribution in [2.75, 3.05) is 59.0 Å². The first-order valence-electron chi connectivity index (χ1n) is 9.89. The van der Waals surface area contributed by atoms with Gasteiger partial charge in [-0.2, -0.15) is 0 Å². The normalized spacial score (nSPS) is 20.4. The van der Waals surface area contributed by atoms with Crippen molar-refractivity contribution in [1.29, 1.82) is 0 Å². The SMILES string of the molecule is O=C(CN1CCN(CC(O)COc2ccccc2F)CC1)N1CCCCC1. The number of amides is 1. The summed E-state index contributed by atoms with van der Waals surface area (Å²) in [4.78, 5) is 18.7. The van der Waals surface area contributed by atoms with Crippen LogP contribution in [-0.2, 0) is 4.79 Å². The van der Waals surface area contributed by atoms with Crippen LogP contribution in [0, 0.1) is 5.82 Å². The molecule has 7 heteroatoms. The number of rotatable bonds is 7. The highest BCUT2D eigenvalue weighted by molar-refractivity contribution is 5.78. The van der Waals surface area contributed by atoms with Gasteiger partial charge in [0.15, 0.2) is 11.6 Å². The second kappa shape index (κ2) is 10.0. The first-order chi connectivity index (χ1) is 13.1. The first-order valence-corrected chi connectivity index (χ1v) is 9.89. The molecule has 0 saturated carbocycles. The average Bonchev–Trinajstić information content (AvgIpc) is 2.69. The summed E-state index contributed by atoms with van der Waals surface area (Å²) in [6, 6.07) is 6.20. The van der Waals surface area contributed by atoms with Crippen LogP contribution in [0.25, 0.3) is 0 Å². The van der Waals surface area contributed by atoms with Crippen molar-refractivity contribution < 1.29 is 19.0 Å². The molecule has 1 amide bonds. The number of hydrogen-bond donors (Lipinski definition) is 1. The number of β-amino-alcohol motifs (C(OH)–C–C–N with tert-alkyl or cyclic N) is 1. The molecule has 3 rings (SSSR count). The van der Waals surface area contributed by atoms with Crippen LogP contribution in [0.15, 0.2) is 24.3 Å². The summed E-state index contributed by atoms with van der Waals surface area (Å²) in [5.74, 6) is -0.0178. The Bertz CT molecular complexity index is 602. The summed E-state index contributed by atoms with van der Waals surface area (Å²) < 4.78 is 18.9. The zero-order valence-corrected chi connectivity index (χ0v) is 15.9. The van der Waals surface area contributed by atoms with Crippen LogP contribution in [0.3, 0.4) is 0 Å². The summed E-state index contributed by atoms with van der Waals surface area (Å²) >= 11 is 0. The van der Waals surface area contributed by atoms with E-state index in [0.29, 0.717) is 13.1 Å². The Labute approximate surface area is 160 Å². The third kappa shape index (κ3) is 6.16. The molecule has 2 fully saturated rings. The van der Waals surface area contributed by atoms with Crippen LogP contribution in [0.1, 0.15) is 19.3 Å². The van der Waals surface area contributed by atoms with Gasteiger partial charge in [0.05, 0.1) is 6.54 Å². The Morgan fingerprint density at radius 1 is 1.04 bits per heavy atom. The van der Waals surface area contributed by atoms with E-state index in [1.807, 2.05) is 4.90 Å². The molecule has 6 nitrogen and oxygen atoms in total. The van der Waals surface area contributed by atoms with Crippen molar-refractivity contribution >= 4 is 5.91 Å². The molecule has 0 aromatic heterocycles. The second-order valence-electron chi connectivity index (χ2n) is 7.41. The van der Waals surface area contributed by atoms with Gasteiger partial charge in [-0.15, -0.1) is 0 Å². The lowest BCUT2D eigenvalue weighted by Gasteiger charge is -2.36. The third-order valence-corrected chi connectivity index (χ3v) is 5.27. The molecule has 2 aliphatic heterocycles. The molecule has 0 spiro atoms. The van der Waals surface area contributed by atoms with Crippen LogP contribution in [0.5, 0.6) is 5.75 Å². The number of aliphatic hydroxyl groups is 1. The number of hydrogen-bond acceptors (Lipinski definition) is 5. The van der Waals surface area contributed by atoms with Crippen molar-refractivity contribution in [3.63, 3.8) is 0 Å². The van der Waals surface area contributed by atoms with E-state index in [1.165, 1.54) is 12.5 Å². The summed E-state index contributed by atoms with van der Waals surface area (Å²) in [6.45, 7) is 6.10. The smallest absolute Gasteiger partial charge is 0.236 e. The van der Waals surface area contributed by atoms with Crippen LogP contribution in [0.2, 0.25) is 0 Å². The minimum Gasteiger partial charge on any atom is -0.488 e. The Hall–Kier alpha value is -1.70. The monoisotopic (exact) mass is 379 g/mol. The molecule has 150 valence electrons. The van der Waals surface area contributed by atoms with Gasteiger partial charge in [0, 0.05) is 45.8 Å². The number of aliphatic hydroxyl groups excluding tert-OH is 1. The maximum atomic E-state index is 13.5. The van der Waals surface area contributed by atoms with Crippen molar-refractivity contribution in [2.45, 2.75) is 25.4 Å². The number of nitrogens with zero attached hydrogens (tertiary/aromatic N) is 3. The van der Waals surface area contributed by atoms with Gasteiger partial charge in [-0.25, -0.2) is 4.39 Å². The molecule has 0 aliphatic carbocycles. The predicted octanol–water partition coefficient (Wildman–Crippen LogP) is 1.20. The van der Waals surface area contributed by atoms with Crippen molar-refractivity contribution in [3.05, 3.63) is 30.1 Å². The molecule has 2 aliphatic rings. The Morgan fingerprint density at radius 3 is 2.41 bits per heavy atom. The summed E-state index contributed by atoms with van der Waals surface area (Å²) in [5.41, 5.74) is 0. The number of para-hydroxylation sites is 1. The minimum atomic E-state index is -0.675. The van der Waals surface area contributed by atoms with Gasteiger partial charge in [0.2, 0.25) is 5.91 Å². The van der Waals surface area contributed by atoms with Gasteiger partial charge < -0.3 is 14.7 Å². The standard InChI is InChI=1S/C20H30FN3O3/c21-18-6-2-3-7-19(18)27-16-17(25)14-22-10-12-23(13-11-22)15-20(26)24-8-4-1-5-9-24/h2-3,6-7,17,25H,1,4-5,8-16H2. The van der Waals surface area contributed by atoms with E-state index in [-0.39, 0.29) is 18.3 Å². The Morgan fingerprint density at radius 2 is 1.70 bits per heavy atom. The number of likely N-dealkylation sites (tertiary alicyclic amines) is 1. The highest BCUT2D eigenvalue weighted by Crippen LogP contribution is 2.16. The highest BCUT2D eigenvalue weighted by atomic mass is 19.1. The summed E-state index contributed by atoms with van der Waals surface area (Å²) in [6.07, 6.45) is 2.79. The molecule has 2 saturated heterocycles. The zero-order chi connectivity index (χ0) is 19.1. The van der Waals surface area contributed by atoms with Gasteiger partial charge in [-0.05, 0) is 31.4 Å². The molecular formula is C20H30FN3O3. The molecule has 0 radical (unpaired) electrons. The molecule has 2 heterocycles. The summed E-state index contributed by atoms with van der Waals surface area (Å²) in [5, 5.41) is 10.2. The molecule has 1 N–H and O–H groups in total. The molecule has 0 bridgehead atoms. The quantitative estimate of drug-likeness (QED) is 0.772. The lowest BCUT2D eigenvalue weighted by atomic mass is 10.1. The van der Waals surface area contributed by atoms with Gasteiger partial charge >= 0.3 is 0 Å². The number of carbonyl (C=O) groups excluding carboxylic acids is 1. The number of piperazine rings is 1. The van der Waals surface area contributed by atoms with Crippen LogP contribution in [0.4, 0.5) is 4.39 Å². The van der Waals surface area contributed by atoms with Crippen LogP contribution >= 0.6 is 0 Å². The highest BCUT2D eigenvalue weighted by Gasteiger charge is 2.23. The summed E-state index contributed by atoms with van der Waals surface area (Å²) in [7, 11) is 0. The minimum absolute atomic E-state index is 0.0641. The topological polar surface area (TPSA) is 56.3 Å². The second-order valence-corrected chi connectivity index (χ2v) is 7.41. The van der Waals surface area contributed by atoms with Crippen molar-refractivity contribution in [3.8, 4) is 5.75 Å². The number of carbonyl (C=O) groups is 1. The van der Waals surface area contributed by atoms with Crippen molar-refractivity contribution in [1.82, 2.24) is 14.7 Å². The molecule has 1 unspecified atom stereocenters. The lowest BCUT2D eigenvalue weighted by molar-refractivity contribution is -0.133. The fourth-order valence-corrected chi connectivity index (χ4v) is 3.66. The van der Waals surface area contributed by atoms with Crippen LogP contribution < -0.4 is 4.74 Å². The first kappa shape index (κ1) is 20.0. The number of piperidine rings is 1. The number of benzene rings is 1. The Balaban J connectivity index is 1.34. The van der Waals surface area contributed by atoms with E-state index in [0.717, 1.165) is 52.1 Å². The largest absolute Gasteiger partial charge is 0.488 e. The predicted molar refractivity (Wildman–Crippen MR) is 101 cm³/mol. The van der Waals surface area contributed by atoms with E-state index in [1.54, 1.807) is 18.2 Å². The van der Waals surface area contributed by atoms with E-state index in [9.17, 15) is 14.3 Å². The molecule has 1 aromatic rings. The lowest BCUT2D eigenvalue weighted by Crippen LogP contribution is -2.52. The number of ether oxygens (including phenoxy) is 1. The van der Waals surface area contributed by atoms with Gasteiger partial charge in [0.1, 0.15) is 12.7 Å². The van der Waals surface area contributed by atoms with Gasteiger partial charge in [0.25, 0.3) is 0 Å². The van der Waals surface area contributed by atoms with E-state index in [4.69, 9.17) is 4.74 Å². The fourth-order valence-electron chi connectivity index (χ4n) is 3.66.